The van der Waals surface area contributed by atoms with Gasteiger partial charge in [0.05, 0.1) is 13.2 Å². The number of guanidine groups is 1. The fraction of sp³-hybridized carbons (Fsp3) is 0.929. The van der Waals surface area contributed by atoms with E-state index in [1.54, 1.807) is 0 Å². The van der Waals surface area contributed by atoms with Crippen LogP contribution >= 0.6 is 11.8 Å². The number of rotatable bonds is 9. The third-order valence-electron chi connectivity index (χ3n) is 3.19. The van der Waals surface area contributed by atoms with E-state index >= 15 is 0 Å². The van der Waals surface area contributed by atoms with Crippen LogP contribution < -0.4 is 10.6 Å². The number of hydrogen-bond acceptors (Lipinski definition) is 4. The lowest BCUT2D eigenvalue weighted by atomic mass is 10.3. The van der Waals surface area contributed by atoms with Gasteiger partial charge >= 0.3 is 0 Å². The van der Waals surface area contributed by atoms with Gasteiger partial charge in [-0.1, -0.05) is 0 Å². The van der Waals surface area contributed by atoms with E-state index in [-0.39, 0.29) is 0 Å². The van der Waals surface area contributed by atoms with Gasteiger partial charge < -0.3 is 15.4 Å². The molecule has 5 nitrogen and oxygen atoms in total. The van der Waals surface area contributed by atoms with Crippen LogP contribution in [0.5, 0.6) is 0 Å². The fourth-order valence-corrected chi connectivity index (χ4v) is 2.54. The molecule has 0 aromatic carbocycles. The minimum atomic E-state index is 0.865. The Morgan fingerprint density at radius 3 is 2.75 bits per heavy atom. The van der Waals surface area contributed by atoms with Crippen LogP contribution in [0.2, 0.25) is 0 Å². The summed E-state index contributed by atoms with van der Waals surface area (Å²) < 4.78 is 5.35. The molecule has 0 aromatic heterocycles. The van der Waals surface area contributed by atoms with Crippen LogP contribution in [0.1, 0.15) is 19.8 Å². The van der Waals surface area contributed by atoms with E-state index in [1.165, 1.54) is 18.6 Å². The molecule has 0 saturated carbocycles. The summed E-state index contributed by atoms with van der Waals surface area (Å²) in [7, 11) is 0. The summed E-state index contributed by atoms with van der Waals surface area (Å²) in [6.45, 7) is 9.74. The number of unbranched alkanes of at least 4 members (excludes halogenated alkanes) is 1. The van der Waals surface area contributed by atoms with Gasteiger partial charge in [0.25, 0.3) is 0 Å². The Labute approximate surface area is 127 Å². The standard InChI is InChI=1S/C14H30N4OS/c1-3-15-14(16-6-4-5-13-20-2)17-7-8-18-9-11-19-12-10-18/h3-13H2,1-2H3,(H2,15,16,17). The molecule has 1 fully saturated rings. The summed E-state index contributed by atoms with van der Waals surface area (Å²) in [5.74, 6) is 2.18. The Kier molecular flexibility index (Phi) is 10.8. The maximum Gasteiger partial charge on any atom is 0.191 e. The lowest BCUT2D eigenvalue weighted by Crippen LogP contribution is -2.44. The van der Waals surface area contributed by atoms with E-state index in [0.29, 0.717) is 0 Å². The largest absolute Gasteiger partial charge is 0.379 e. The zero-order valence-electron chi connectivity index (χ0n) is 13.0. The molecule has 6 heteroatoms. The SMILES string of the molecule is CCNC(=NCCCCSC)NCCN1CCOCC1. The summed E-state index contributed by atoms with van der Waals surface area (Å²) in [5.41, 5.74) is 0. The second-order valence-electron chi connectivity index (χ2n) is 4.84. The number of thioether (sulfide) groups is 1. The van der Waals surface area contributed by atoms with Crippen molar-refractivity contribution < 1.29 is 4.74 Å². The van der Waals surface area contributed by atoms with Gasteiger partial charge in [0, 0.05) is 39.3 Å². The Morgan fingerprint density at radius 1 is 1.25 bits per heavy atom. The predicted molar refractivity (Wildman–Crippen MR) is 88.9 cm³/mol. The molecule has 20 heavy (non-hydrogen) atoms. The topological polar surface area (TPSA) is 48.9 Å². The van der Waals surface area contributed by atoms with Crippen LogP contribution in [0.25, 0.3) is 0 Å². The highest BCUT2D eigenvalue weighted by Crippen LogP contribution is 1.99. The van der Waals surface area contributed by atoms with Gasteiger partial charge in [0.1, 0.15) is 0 Å². The molecule has 118 valence electrons. The summed E-state index contributed by atoms with van der Waals surface area (Å²) in [5, 5.41) is 6.71. The highest BCUT2D eigenvalue weighted by molar-refractivity contribution is 7.98. The lowest BCUT2D eigenvalue weighted by Gasteiger charge is -2.26. The number of aliphatic imine (C=N–C) groups is 1. The summed E-state index contributed by atoms with van der Waals surface area (Å²) in [4.78, 5) is 7.04. The molecule has 1 saturated heterocycles. The van der Waals surface area contributed by atoms with E-state index in [9.17, 15) is 0 Å². The molecule has 1 rings (SSSR count). The summed E-state index contributed by atoms with van der Waals surface area (Å²) in [6.07, 6.45) is 4.57. The van der Waals surface area contributed by atoms with Crippen LogP contribution in [0.15, 0.2) is 4.99 Å². The van der Waals surface area contributed by atoms with E-state index in [1.807, 2.05) is 11.8 Å². The lowest BCUT2D eigenvalue weighted by molar-refractivity contribution is 0.0389. The van der Waals surface area contributed by atoms with Crippen LogP contribution in [-0.2, 0) is 4.74 Å². The molecule has 0 spiro atoms. The van der Waals surface area contributed by atoms with Crippen molar-refractivity contribution in [2.45, 2.75) is 19.8 Å². The van der Waals surface area contributed by atoms with Crippen LogP contribution in [0.3, 0.4) is 0 Å². The van der Waals surface area contributed by atoms with Gasteiger partial charge in [-0.2, -0.15) is 11.8 Å². The Hall–Kier alpha value is -0.460. The van der Waals surface area contributed by atoms with Gasteiger partial charge in [-0.3, -0.25) is 9.89 Å². The van der Waals surface area contributed by atoms with E-state index in [4.69, 9.17) is 4.74 Å². The Morgan fingerprint density at radius 2 is 2.05 bits per heavy atom. The number of hydrogen-bond donors (Lipinski definition) is 2. The van der Waals surface area contributed by atoms with Crippen molar-refractivity contribution in [1.82, 2.24) is 15.5 Å². The minimum absolute atomic E-state index is 0.865. The van der Waals surface area contributed by atoms with E-state index in [0.717, 1.165) is 58.4 Å². The fourth-order valence-electron chi connectivity index (χ4n) is 2.05. The van der Waals surface area contributed by atoms with Crippen molar-refractivity contribution >= 4 is 17.7 Å². The zero-order valence-corrected chi connectivity index (χ0v) is 13.8. The number of ether oxygens (including phenoxy) is 1. The highest BCUT2D eigenvalue weighted by atomic mass is 32.2. The number of morpholine rings is 1. The van der Waals surface area contributed by atoms with Gasteiger partial charge in [0.15, 0.2) is 5.96 Å². The maximum atomic E-state index is 5.35. The Balaban J connectivity index is 2.14. The molecule has 2 N–H and O–H groups in total. The van der Waals surface area contributed by atoms with E-state index in [2.05, 4.69) is 33.7 Å². The average molecular weight is 302 g/mol. The zero-order chi connectivity index (χ0) is 14.5. The second-order valence-corrected chi connectivity index (χ2v) is 5.83. The van der Waals surface area contributed by atoms with Gasteiger partial charge in [-0.25, -0.2) is 0 Å². The second kappa shape index (κ2) is 12.3. The predicted octanol–water partition coefficient (Wildman–Crippen LogP) is 1.02. The van der Waals surface area contributed by atoms with Crippen molar-refractivity contribution in [1.29, 1.82) is 0 Å². The van der Waals surface area contributed by atoms with Crippen molar-refractivity contribution in [3.63, 3.8) is 0 Å². The van der Waals surface area contributed by atoms with Gasteiger partial charge in [-0.05, 0) is 31.8 Å². The first-order valence-electron chi connectivity index (χ1n) is 7.68. The molecular formula is C14H30N4OS. The van der Waals surface area contributed by atoms with Crippen LogP contribution in [0, 0.1) is 0 Å². The van der Waals surface area contributed by atoms with Gasteiger partial charge in [0.2, 0.25) is 0 Å². The minimum Gasteiger partial charge on any atom is -0.379 e. The molecule has 0 amide bonds. The van der Waals surface area contributed by atoms with Crippen molar-refractivity contribution in [2.75, 3.05) is 64.5 Å². The van der Waals surface area contributed by atoms with Crippen LogP contribution in [-0.4, -0.2) is 75.4 Å². The Bertz CT molecular complexity index is 258. The quantitative estimate of drug-likeness (QED) is 0.378. The molecule has 0 bridgehead atoms. The van der Waals surface area contributed by atoms with Crippen LogP contribution in [0.4, 0.5) is 0 Å². The summed E-state index contributed by atoms with van der Waals surface area (Å²) in [6, 6.07) is 0. The molecule has 0 atom stereocenters. The normalized spacial score (nSPS) is 17.2. The molecule has 0 aliphatic carbocycles. The molecule has 0 aromatic rings. The molecule has 1 aliphatic rings. The smallest absolute Gasteiger partial charge is 0.191 e. The van der Waals surface area contributed by atoms with E-state index < -0.39 is 0 Å². The van der Waals surface area contributed by atoms with Crippen molar-refractivity contribution in [3.8, 4) is 0 Å². The van der Waals surface area contributed by atoms with Crippen molar-refractivity contribution in [2.24, 2.45) is 4.99 Å². The summed E-state index contributed by atoms with van der Waals surface area (Å²) >= 11 is 1.90. The first kappa shape index (κ1) is 17.6. The molecular weight excluding hydrogens is 272 g/mol. The van der Waals surface area contributed by atoms with Gasteiger partial charge in [-0.15, -0.1) is 0 Å². The first-order valence-corrected chi connectivity index (χ1v) is 9.07. The molecule has 0 radical (unpaired) electrons. The monoisotopic (exact) mass is 302 g/mol. The first-order chi connectivity index (χ1) is 9.86. The number of nitrogens with zero attached hydrogens (tertiary/aromatic N) is 2. The molecule has 0 unspecified atom stereocenters. The van der Waals surface area contributed by atoms with Crippen molar-refractivity contribution in [3.05, 3.63) is 0 Å². The maximum absolute atomic E-state index is 5.35. The third kappa shape index (κ3) is 8.66. The third-order valence-corrected chi connectivity index (χ3v) is 3.89. The molecule has 1 aliphatic heterocycles. The number of nitrogens with one attached hydrogen (secondary N) is 2. The molecule has 1 heterocycles. The average Bonchev–Trinajstić information content (AvgIpc) is 2.48. The highest BCUT2D eigenvalue weighted by Gasteiger charge is 2.09.